The van der Waals surface area contributed by atoms with Gasteiger partial charge in [0.1, 0.15) is 0 Å². The van der Waals surface area contributed by atoms with E-state index in [0.29, 0.717) is 23.8 Å². The number of hydrogen-bond donors (Lipinski definition) is 3. The molecule has 4 N–H and O–H groups in total. The van der Waals surface area contributed by atoms with Gasteiger partial charge in [0.25, 0.3) is 5.91 Å². The molecule has 0 bridgehead atoms. The van der Waals surface area contributed by atoms with Gasteiger partial charge in [-0.15, -0.1) is 0 Å². The van der Waals surface area contributed by atoms with E-state index in [-0.39, 0.29) is 19.1 Å². The monoisotopic (exact) mass is 291 g/mol. The maximum absolute atomic E-state index is 12.1. The van der Waals surface area contributed by atoms with Gasteiger partial charge >= 0.3 is 0 Å². The van der Waals surface area contributed by atoms with Crippen LogP contribution in [0.15, 0.2) is 24.3 Å². The Kier molecular flexibility index (Phi) is 5.30. The number of nitrogens with zero attached hydrogens (tertiary/aromatic N) is 1. The second-order valence-corrected chi connectivity index (χ2v) is 5.24. The van der Waals surface area contributed by atoms with Crippen molar-refractivity contribution in [1.82, 2.24) is 4.90 Å². The molecule has 1 aromatic carbocycles. The normalized spacial score (nSPS) is 14.8. The van der Waals surface area contributed by atoms with Crippen molar-refractivity contribution in [3.63, 3.8) is 0 Å². The number of primary amides is 1. The number of nitrogens with one attached hydrogen (secondary N) is 1. The molecule has 0 unspecified atom stereocenters. The van der Waals surface area contributed by atoms with Crippen molar-refractivity contribution in [3.8, 4) is 0 Å². The number of nitrogens with two attached hydrogens (primary N) is 1. The van der Waals surface area contributed by atoms with Crippen molar-refractivity contribution in [2.24, 2.45) is 5.73 Å². The molecule has 2 rings (SSSR count). The number of carbonyl (C=O) groups excluding carboxylic acids is 2. The average molecular weight is 291 g/mol. The second kappa shape index (κ2) is 7.19. The number of rotatable bonds is 7. The van der Waals surface area contributed by atoms with Crippen LogP contribution in [0.5, 0.6) is 0 Å². The van der Waals surface area contributed by atoms with E-state index in [1.807, 2.05) is 4.90 Å². The minimum atomic E-state index is -0.572. The summed E-state index contributed by atoms with van der Waals surface area (Å²) in [5.74, 6) is -0.777. The maximum Gasteiger partial charge on any atom is 0.250 e. The van der Waals surface area contributed by atoms with Gasteiger partial charge in [-0.3, -0.25) is 14.5 Å². The molecule has 0 spiro atoms. The van der Waals surface area contributed by atoms with Gasteiger partial charge in [0.2, 0.25) is 5.91 Å². The first-order valence-corrected chi connectivity index (χ1v) is 7.15. The molecule has 1 saturated carbocycles. The molecule has 1 aromatic rings. The summed E-state index contributed by atoms with van der Waals surface area (Å²) < 4.78 is 0. The van der Waals surface area contributed by atoms with E-state index in [0.717, 1.165) is 12.8 Å². The van der Waals surface area contributed by atoms with Crippen LogP contribution in [0.4, 0.5) is 5.69 Å². The van der Waals surface area contributed by atoms with Crippen LogP contribution in [-0.2, 0) is 4.79 Å². The van der Waals surface area contributed by atoms with Crippen LogP contribution in [-0.4, -0.2) is 47.6 Å². The van der Waals surface area contributed by atoms with E-state index in [9.17, 15) is 9.59 Å². The first kappa shape index (κ1) is 15.5. The highest BCUT2D eigenvalue weighted by Gasteiger charge is 2.26. The Hall–Kier alpha value is -1.92. The van der Waals surface area contributed by atoms with E-state index in [2.05, 4.69) is 5.32 Å². The van der Waals surface area contributed by atoms with Crippen LogP contribution in [0.25, 0.3) is 0 Å². The Bertz CT molecular complexity index is 515. The Morgan fingerprint density at radius 1 is 1.33 bits per heavy atom. The van der Waals surface area contributed by atoms with Crippen molar-refractivity contribution < 1.29 is 14.7 Å². The number of anilines is 1. The SMILES string of the molecule is NC(=O)c1ccccc1NC(=O)CN(CCO)C1CCC1. The molecule has 6 nitrogen and oxygen atoms in total. The Balaban J connectivity index is 1.98. The summed E-state index contributed by atoms with van der Waals surface area (Å²) in [4.78, 5) is 25.4. The van der Waals surface area contributed by atoms with Gasteiger partial charge in [-0.2, -0.15) is 0 Å². The number of aliphatic hydroxyl groups excluding tert-OH is 1. The zero-order valence-electron chi connectivity index (χ0n) is 11.9. The number of amides is 2. The molecule has 0 saturated heterocycles. The third-order valence-electron chi connectivity index (χ3n) is 3.79. The van der Waals surface area contributed by atoms with Gasteiger partial charge in [-0.25, -0.2) is 0 Å². The molecule has 21 heavy (non-hydrogen) atoms. The van der Waals surface area contributed by atoms with E-state index >= 15 is 0 Å². The van der Waals surface area contributed by atoms with Crippen LogP contribution in [0.1, 0.15) is 29.6 Å². The minimum Gasteiger partial charge on any atom is -0.395 e. The number of benzene rings is 1. The van der Waals surface area contributed by atoms with Crippen molar-refractivity contribution in [1.29, 1.82) is 0 Å². The summed E-state index contributed by atoms with van der Waals surface area (Å²) in [6.07, 6.45) is 3.29. The van der Waals surface area contributed by atoms with Crippen molar-refractivity contribution in [2.45, 2.75) is 25.3 Å². The van der Waals surface area contributed by atoms with Gasteiger partial charge in [0.15, 0.2) is 0 Å². The average Bonchev–Trinajstić information content (AvgIpc) is 2.37. The zero-order chi connectivity index (χ0) is 15.2. The van der Waals surface area contributed by atoms with Crippen LogP contribution in [0.3, 0.4) is 0 Å². The molecule has 0 radical (unpaired) electrons. The zero-order valence-corrected chi connectivity index (χ0v) is 11.9. The van der Waals surface area contributed by atoms with Gasteiger partial charge in [-0.1, -0.05) is 18.6 Å². The minimum absolute atomic E-state index is 0.0294. The number of carbonyl (C=O) groups is 2. The third-order valence-corrected chi connectivity index (χ3v) is 3.79. The van der Waals surface area contributed by atoms with Crippen molar-refractivity contribution >= 4 is 17.5 Å². The lowest BCUT2D eigenvalue weighted by atomic mass is 9.91. The quantitative estimate of drug-likeness (QED) is 0.684. The molecule has 0 aliphatic heterocycles. The Morgan fingerprint density at radius 3 is 2.62 bits per heavy atom. The molecular weight excluding hydrogens is 270 g/mol. The highest BCUT2D eigenvalue weighted by atomic mass is 16.3. The summed E-state index contributed by atoms with van der Waals surface area (Å²) in [5.41, 5.74) is 6.00. The topological polar surface area (TPSA) is 95.7 Å². The Morgan fingerprint density at radius 2 is 2.05 bits per heavy atom. The lowest BCUT2D eigenvalue weighted by Crippen LogP contribution is -2.45. The van der Waals surface area contributed by atoms with Crippen LogP contribution >= 0.6 is 0 Å². The molecule has 0 atom stereocenters. The van der Waals surface area contributed by atoms with Crippen LogP contribution < -0.4 is 11.1 Å². The lowest BCUT2D eigenvalue weighted by molar-refractivity contribution is -0.118. The van der Waals surface area contributed by atoms with Crippen molar-refractivity contribution in [3.05, 3.63) is 29.8 Å². The van der Waals surface area contributed by atoms with Gasteiger partial charge < -0.3 is 16.2 Å². The Labute approximate surface area is 123 Å². The van der Waals surface area contributed by atoms with Gasteiger partial charge in [0.05, 0.1) is 24.4 Å². The third kappa shape index (κ3) is 4.03. The number of para-hydroxylation sites is 1. The second-order valence-electron chi connectivity index (χ2n) is 5.24. The van der Waals surface area contributed by atoms with Crippen LogP contribution in [0.2, 0.25) is 0 Å². The molecule has 1 aliphatic rings. The molecule has 1 fully saturated rings. The van der Waals surface area contributed by atoms with E-state index < -0.39 is 5.91 Å². The fourth-order valence-electron chi connectivity index (χ4n) is 2.45. The molecule has 1 aliphatic carbocycles. The van der Waals surface area contributed by atoms with E-state index in [1.165, 1.54) is 6.42 Å². The highest BCUT2D eigenvalue weighted by Crippen LogP contribution is 2.24. The molecular formula is C15H21N3O3. The van der Waals surface area contributed by atoms with Crippen LogP contribution in [0, 0.1) is 0 Å². The molecule has 6 heteroatoms. The fourth-order valence-corrected chi connectivity index (χ4v) is 2.45. The molecule has 114 valence electrons. The molecule has 0 heterocycles. The van der Waals surface area contributed by atoms with Gasteiger partial charge in [0, 0.05) is 12.6 Å². The van der Waals surface area contributed by atoms with E-state index in [4.69, 9.17) is 10.8 Å². The summed E-state index contributed by atoms with van der Waals surface area (Å²) in [7, 11) is 0. The first-order chi connectivity index (χ1) is 10.1. The largest absolute Gasteiger partial charge is 0.395 e. The molecule has 2 amide bonds. The number of aliphatic hydroxyl groups is 1. The predicted octanol–water partition coefficient (Wildman–Crippen LogP) is 0.571. The van der Waals surface area contributed by atoms with Gasteiger partial charge in [-0.05, 0) is 25.0 Å². The summed E-state index contributed by atoms with van der Waals surface area (Å²) >= 11 is 0. The van der Waals surface area contributed by atoms with E-state index in [1.54, 1.807) is 24.3 Å². The highest BCUT2D eigenvalue weighted by molar-refractivity contribution is 6.03. The lowest BCUT2D eigenvalue weighted by Gasteiger charge is -2.36. The summed E-state index contributed by atoms with van der Waals surface area (Å²) in [6.45, 7) is 0.718. The number of hydrogen-bond acceptors (Lipinski definition) is 4. The van der Waals surface area contributed by atoms with Crippen molar-refractivity contribution in [2.75, 3.05) is 25.0 Å². The summed E-state index contributed by atoms with van der Waals surface area (Å²) in [5, 5.41) is 11.8. The first-order valence-electron chi connectivity index (χ1n) is 7.15. The fraction of sp³-hybridized carbons (Fsp3) is 0.467. The predicted molar refractivity (Wildman–Crippen MR) is 79.9 cm³/mol. The summed E-state index contributed by atoms with van der Waals surface area (Å²) in [6, 6.07) is 7.03. The molecule has 0 aromatic heterocycles. The maximum atomic E-state index is 12.1. The standard InChI is InChI=1S/C15H21N3O3/c16-15(21)12-6-1-2-7-13(12)17-14(20)10-18(8-9-19)11-4-3-5-11/h1-2,6-7,11,19H,3-5,8-10H2,(H2,16,21)(H,17,20). The smallest absolute Gasteiger partial charge is 0.250 e.